The predicted octanol–water partition coefficient (Wildman–Crippen LogP) is 6.91. The maximum Gasteiger partial charge on any atom is 0.341 e. The van der Waals surface area contributed by atoms with Crippen LogP contribution in [0.4, 0.5) is 11.4 Å². The molecule has 7 nitrogen and oxygen atoms in total. The first kappa shape index (κ1) is 28.5. The fourth-order valence-electron chi connectivity index (χ4n) is 5.98. The van der Waals surface area contributed by atoms with Crippen LogP contribution in [-0.4, -0.2) is 52.0 Å². The van der Waals surface area contributed by atoms with Gasteiger partial charge < -0.3 is 14.4 Å². The molecule has 3 aromatic rings. The van der Waals surface area contributed by atoms with Gasteiger partial charge in [0.25, 0.3) is 0 Å². The Balaban J connectivity index is 1.69. The first-order chi connectivity index (χ1) is 19.3. The van der Waals surface area contributed by atoms with Gasteiger partial charge in [-0.2, -0.15) is 4.31 Å². The number of likely N-dealkylation sites (N-methyl/N-ethyl adjacent to an activating group) is 1. The van der Waals surface area contributed by atoms with Gasteiger partial charge in [-0.05, 0) is 67.6 Å². The monoisotopic (exact) mass is 582 g/mol. The van der Waals surface area contributed by atoms with Crippen molar-refractivity contribution in [2.24, 2.45) is 5.92 Å². The molecule has 40 heavy (non-hydrogen) atoms. The Morgan fingerprint density at radius 2 is 1.75 bits per heavy atom. The summed E-state index contributed by atoms with van der Waals surface area (Å²) in [5, 5.41) is 0.383. The van der Waals surface area contributed by atoms with Gasteiger partial charge in [0.1, 0.15) is 16.2 Å². The summed E-state index contributed by atoms with van der Waals surface area (Å²) in [5.74, 6) is 0.119. The van der Waals surface area contributed by atoms with E-state index in [2.05, 4.69) is 4.90 Å². The van der Waals surface area contributed by atoms with Gasteiger partial charge in [-0.25, -0.2) is 13.2 Å². The van der Waals surface area contributed by atoms with Crippen molar-refractivity contribution in [2.75, 3.05) is 32.2 Å². The van der Waals surface area contributed by atoms with E-state index in [-0.39, 0.29) is 22.4 Å². The van der Waals surface area contributed by atoms with E-state index in [1.807, 2.05) is 37.3 Å². The van der Waals surface area contributed by atoms with Crippen LogP contribution in [0.2, 0.25) is 5.02 Å². The third-order valence-corrected chi connectivity index (χ3v) is 10.3. The van der Waals surface area contributed by atoms with Gasteiger partial charge in [0.2, 0.25) is 10.0 Å². The summed E-state index contributed by atoms with van der Waals surface area (Å²) in [7, 11) is -0.864. The molecule has 0 saturated heterocycles. The van der Waals surface area contributed by atoms with Gasteiger partial charge >= 0.3 is 5.97 Å². The van der Waals surface area contributed by atoms with Crippen LogP contribution in [0, 0.1) is 5.92 Å². The van der Waals surface area contributed by atoms with Gasteiger partial charge in [0.15, 0.2) is 0 Å². The Labute approximate surface area is 241 Å². The summed E-state index contributed by atoms with van der Waals surface area (Å²) < 4.78 is 40.7. The first-order valence-electron chi connectivity index (χ1n) is 13.8. The molecule has 0 N–H and O–H groups in total. The molecule has 0 spiro atoms. The molecule has 9 heteroatoms. The van der Waals surface area contributed by atoms with Crippen molar-refractivity contribution in [3.63, 3.8) is 0 Å². The van der Waals surface area contributed by atoms with Crippen LogP contribution >= 0.6 is 11.6 Å². The van der Waals surface area contributed by atoms with Crippen LogP contribution in [0.1, 0.15) is 49.4 Å². The van der Waals surface area contributed by atoms with E-state index in [4.69, 9.17) is 21.1 Å². The molecule has 1 aliphatic heterocycles. The Morgan fingerprint density at radius 3 is 2.42 bits per heavy atom. The molecule has 0 bridgehead atoms. The lowest BCUT2D eigenvalue weighted by Crippen LogP contribution is -2.46. The molecule has 212 valence electrons. The molecular weight excluding hydrogens is 548 g/mol. The summed E-state index contributed by atoms with van der Waals surface area (Å²) in [6, 6.07) is 18.1. The van der Waals surface area contributed by atoms with Crippen molar-refractivity contribution in [1.29, 1.82) is 0 Å². The molecule has 0 amide bonds. The first-order valence-corrected chi connectivity index (χ1v) is 15.6. The van der Waals surface area contributed by atoms with Crippen molar-refractivity contribution in [1.82, 2.24) is 4.31 Å². The molecular formula is C31H35ClN2O5S. The molecule has 1 aliphatic carbocycles. The number of sulfonamides is 1. The van der Waals surface area contributed by atoms with E-state index >= 15 is 0 Å². The van der Waals surface area contributed by atoms with Crippen LogP contribution in [0.3, 0.4) is 0 Å². The summed E-state index contributed by atoms with van der Waals surface area (Å²) in [4.78, 5) is 14.8. The number of benzene rings is 3. The third-order valence-electron chi connectivity index (χ3n) is 8.09. The van der Waals surface area contributed by atoms with Crippen molar-refractivity contribution >= 4 is 39.0 Å². The molecule has 1 saturated carbocycles. The number of carbonyl (C=O) groups is 1. The van der Waals surface area contributed by atoms with Gasteiger partial charge in [0, 0.05) is 30.9 Å². The molecule has 0 unspecified atom stereocenters. The average Bonchev–Trinajstić information content (AvgIpc) is 3.05. The third kappa shape index (κ3) is 5.32. The molecule has 1 heterocycles. The van der Waals surface area contributed by atoms with Crippen LogP contribution < -0.4 is 9.64 Å². The number of fused-ring (bicyclic) bond motifs is 1. The summed E-state index contributed by atoms with van der Waals surface area (Å²) in [6.07, 6.45) is 5.44. The number of carbonyl (C=O) groups excluding carboxylic acids is 1. The fraction of sp³-hybridized carbons (Fsp3) is 0.387. The highest BCUT2D eigenvalue weighted by molar-refractivity contribution is 7.89. The van der Waals surface area contributed by atoms with E-state index in [0.29, 0.717) is 40.7 Å². The van der Waals surface area contributed by atoms with E-state index in [0.717, 1.165) is 31.4 Å². The lowest BCUT2D eigenvalue weighted by molar-refractivity contribution is 0.0596. The topological polar surface area (TPSA) is 76.2 Å². The second kappa shape index (κ2) is 11.8. The van der Waals surface area contributed by atoms with Crippen molar-refractivity contribution in [3.8, 4) is 16.9 Å². The number of esters is 1. The lowest BCUT2D eigenvalue weighted by Gasteiger charge is -2.36. The molecule has 0 radical (unpaired) electrons. The van der Waals surface area contributed by atoms with Crippen LogP contribution in [0.15, 0.2) is 65.6 Å². The number of hydrogen-bond acceptors (Lipinski definition) is 6. The highest BCUT2D eigenvalue weighted by Crippen LogP contribution is 2.45. The Kier molecular flexibility index (Phi) is 8.40. The number of halogens is 1. The van der Waals surface area contributed by atoms with E-state index in [1.165, 1.54) is 13.5 Å². The maximum absolute atomic E-state index is 14.3. The highest BCUT2D eigenvalue weighted by atomic mass is 35.5. The second-order valence-electron chi connectivity index (χ2n) is 10.4. The maximum atomic E-state index is 14.3. The highest BCUT2D eigenvalue weighted by Gasteiger charge is 2.41. The van der Waals surface area contributed by atoms with E-state index in [9.17, 15) is 13.2 Å². The minimum Gasteiger partial charge on any atom is -0.493 e. The lowest BCUT2D eigenvalue weighted by atomic mass is 9.83. The van der Waals surface area contributed by atoms with Gasteiger partial charge in [-0.3, -0.25) is 0 Å². The minimum atomic E-state index is -3.88. The summed E-state index contributed by atoms with van der Waals surface area (Å²) >= 11 is 6.90. The number of ether oxygens (including phenoxy) is 2. The zero-order valence-electron chi connectivity index (χ0n) is 23.1. The molecule has 1 fully saturated rings. The molecule has 1 atom stereocenters. The SMILES string of the molecule is CCOc1ccc(-c2cc3c(cc2Cl)N(c2ccccc2)C[C@@H](C2CCCCC2)N(C)S3(=O)=O)cc1C(=O)OC. The zero-order chi connectivity index (χ0) is 28.4. The Hall–Kier alpha value is -3.07. The fourth-order valence-corrected chi connectivity index (χ4v) is 7.85. The second-order valence-corrected chi connectivity index (χ2v) is 12.7. The number of para-hydroxylation sites is 1. The van der Waals surface area contributed by atoms with Gasteiger partial charge in [-0.15, -0.1) is 0 Å². The van der Waals surface area contributed by atoms with Crippen molar-refractivity contribution < 1.29 is 22.7 Å². The summed E-state index contributed by atoms with van der Waals surface area (Å²) in [6.45, 7) is 2.74. The van der Waals surface area contributed by atoms with Gasteiger partial charge in [-0.1, -0.05) is 55.1 Å². The Bertz CT molecular complexity index is 1490. The van der Waals surface area contributed by atoms with Crippen LogP contribution in [0.25, 0.3) is 11.1 Å². The standard InChI is InChI=1S/C31H35ClN2O5S/c1-4-39-29-16-15-22(17-25(29)31(35)38-3)24-18-30-27(19-26(24)32)34(23-13-9-6-10-14-23)20-28(33(2)40(30,36)37)21-11-7-5-8-12-21/h6,9-10,13-19,21,28H,4-5,7-8,11-12,20H2,1-3H3/t28-/m0/s1. The molecule has 3 aromatic carbocycles. The normalized spacial score (nSPS) is 19.5. The molecule has 5 rings (SSSR count). The number of nitrogens with zero attached hydrogens (tertiary/aromatic N) is 2. The minimum absolute atomic E-state index is 0.184. The van der Waals surface area contributed by atoms with Crippen molar-refractivity contribution in [2.45, 2.75) is 50.0 Å². The number of methoxy groups -OCH3 is 1. The number of rotatable bonds is 6. The Morgan fingerprint density at radius 1 is 1.02 bits per heavy atom. The van der Waals surface area contributed by atoms with Crippen LogP contribution in [-0.2, 0) is 14.8 Å². The zero-order valence-corrected chi connectivity index (χ0v) is 24.7. The average molecular weight is 583 g/mol. The van der Waals surface area contributed by atoms with Gasteiger partial charge in [0.05, 0.1) is 24.4 Å². The van der Waals surface area contributed by atoms with Crippen molar-refractivity contribution in [3.05, 3.63) is 71.2 Å². The number of anilines is 2. The van der Waals surface area contributed by atoms with E-state index in [1.54, 1.807) is 41.7 Å². The largest absolute Gasteiger partial charge is 0.493 e. The smallest absolute Gasteiger partial charge is 0.341 e. The number of hydrogen-bond donors (Lipinski definition) is 0. The van der Waals surface area contributed by atoms with E-state index < -0.39 is 16.0 Å². The quantitative estimate of drug-likeness (QED) is 0.294. The predicted molar refractivity (Wildman–Crippen MR) is 158 cm³/mol. The van der Waals surface area contributed by atoms with Crippen LogP contribution in [0.5, 0.6) is 5.75 Å². The molecule has 2 aliphatic rings. The summed E-state index contributed by atoms with van der Waals surface area (Å²) in [5.41, 5.74) is 2.80. The molecule has 0 aromatic heterocycles.